The number of aromatic nitrogens is 1. The van der Waals surface area contributed by atoms with Gasteiger partial charge in [-0.25, -0.2) is 0 Å². The summed E-state index contributed by atoms with van der Waals surface area (Å²) in [7, 11) is 1.76. The molecular weight excluding hydrogens is 302 g/mol. The highest BCUT2D eigenvalue weighted by Crippen LogP contribution is 2.26. The Morgan fingerprint density at radius 2 is 1.96 bits per heavy atom. The second-order valence-corrected chi connectivity index (χ2v) is 6.88. The third-order valence-electron chi connectivity index (χ3n) is 5.13. The van der Waals surface area contributed by atoms with E-state index in [1.165, 1.54) is 6.42 Å². The Hall–Kier alpha value is -2.14. The molecule has 1 saturated carbocycles. The molecule has 5 heteroatoms. The van der Waals surface area contributed by atoms with Crippen LogP contribution in [0.3, 0.4) is 0 Å². The lowest BCUT2D eigenvalue weighted by molar-refractivity contribution is -0.118. The third-order valence-corrected chi connectivity index (χ3v) is 5.13. The average molecular weight is 327 g/mol. The lowest BCUT2D eigenvalue weighted by Gasteiger charge is -2.26. The zero-order valence-electron chi connectivity index (χ0n) is 14.3. The summed E-state index contributed by atoms with van der Waals surface area (Å²) in [5.74, 6) is 0.157. The van der Waals surface area contributed by atoms with Gasteiger partial charge in [-0.15, -0.1) is 0 Å². The lowest BCUT2D eigenvalue weighted by atomic mass is 9.84. The van der Waals surface area contributed by atoms with Gasteiger partial charge in [0.15, 0.2) is 0 Å². The van der Waals surface area contributed by atoms with E-state index in [0.29, 0.717) is 5.56 Å². The van der Waals surface area contributed by atoms with Crippen LogP contribution in [0, 0.1) is 12.8 Å². The Morgan fingerprint density at radius 3 is 2.67 bits per heavy atom. The quantitative estimate of drug-likeness (QED) is 0.910. The normalized spacial score (nSPS) is 17.0. The second kappa shape index (κ2) is 6.77. The number of nitrogens with zero attached hydrogens (tertiary/aromatic N) is 1. The van der Waals surface area contributed by atoms with E-state index in [0.717, 1.165) is 42.3 Å². The monoisotopic (exact) mass is 327 g/mol. The molecule has 0 radical (unpaired) electrons. The largest absolute Gasteiger partial charge is 0.325 e. The number of carbonyl (C=O) groups is 1. The molecule has 1 heterocycles. The summed E-state index contributed by atoms with van der Waals surface area (Å²) in [5.41, 5.74) is 8.42. The zero-order chi connectivity index (χ0) is 17.3. The van der Waals surface area contributed by atoms with Crippen LogP contribution in [-0.2, 0) is 11.8 Å². The summed E-state index contributed by atoms with van der Waals surface area (Å²) in [6.07, 6.45) is 5.64. The van der Waals surface area contributed by atoms with Crippen molar-refractivity contribution in [1.29, 1.82) is 0 Å². The molecule has 1 aromatic carbocycles. The molecule has 5 nitrogen and oxygen atoms in total. The zero-order valence-corrected chi connectivity index (χ0v) is 14.3. The van der Waals surface area contributed by atoms with Gasteiger partial charge in [-0.05, 0) is 49.9 Å². The highest BCUT2D eigenvalue weighted by molar-refractivity contribution is 5.97. The summed E-state index contributed by atoms with van der Waals surface area (Å²) >= 11 is 0. The summed E-state index contributed by atoms with van der Waals surface area (Å²) in [4.78, 5) is 24.4. The fourth-order valence-corrected chi connectivity index (χ4v) is 3.66. The first kappa shape index (κ1) is 16.7. The number of benzene rings is 1. The van der Waals surface area contributed by atoms with Crippen molar-refractivity contribution in [3.63, 3.8) is 0 Å². The summed E-state index contributed by atoms with van der Waals surface area (Å²) in [5, 5.41) is 3.86. The highest BCUT2D eigenvalue weighted by atomic mass is 16.2. The molecular formula is C19H25N3O2. The number of carbonyl (C=O) groups excluding carboxylic acids is 1. The van der Waals surface area contributed by atoms with Crippen LogP contribution in [0.1, 0.15) is 37.7 Å². The van der Waals surface area contributed by atoms with E-state index in [1.54, 1.807) is 18.5 Å². The van der Waals surface area contributed by atoms with E-state index in [-0.39, 0.29) is 17.4 Å². The molecule has 3 N–H and O–H groups in total. The van der Waals surface area contributed by atoms with Crippen LogP contribution in [0.5, 0.6) is 0 Å². The van der Waals surface area contributed by atoms with Gasteiger partial charge in [-0.1, -0.05) is 19.3 Å². The first-order valence-electron chi connectivity index (χ1n) is 8.64. The Bertz CT molecular complexity index is 819. The van der Waals surface area contributed by atoms with Crippen molar-refractivity contribution in [1.82, 2.24) is 4.57 Å². The number of pyridine rings is 1. The number of anilines is 1. The molecule has 24 heavy (non-hydrogen) atoms. The molecule has 1 fully saturated rings. The fraction of sp³-hybridized carbons (Fsp3) is 0.474. The van der Waals surface area contributed by atoms with Crippen LogP contribution < -0.4 is 16.6 Å². The minimum atomic E-state index is -0.456. The van der Waals surface area contributed by atoms with Crippen LogP contribution >= 0.6 is 0 Å². The Balaban J connectivity index is 1.81. The van der Waals surface area contributed by atoms with Gasteiger partial charge >= 0.3 is 0 Å². The summed E-state index contributed by atoms with van der Waals surface area (Å²) in [6.45, 7) is 1.80. The second-order valence-electron chi connectivity index (χ2n) is 6.88. The number of hydrogen-bond acceptors (Lipinski definition) is 3. The number of fused-ring (bicyclic) bond motifs is 1. The van der Waals surface area contributed by atoms with Crippen molar-refractivity contribution in [3.8, 4) is 0 Å². The number of aryl methyl sites for hydroxylation is 2. The molecule has 1 atom stereocenters. The fourth-order valence-electron chi connectivity index (χ4n) is 3.66. The van der Waals surface area contributed by atoms with Gasteiger partial charge in [0.2, 0.25) is 5.91 Å². The standard InChI is InChI=1S/C19H25N3O2/c1-12-10-14-11-15(8-9-16(14)22(2)19(12)24)21-18(23)17(20)13-6-4-3-5-7-13/h8-11,13,17H,3-7,20H2,1-2H3,(H,21,23). The number of amides is 1. The maximum Gasteiger partial charge on any atom is 0.253 e. The van der Waals surface area contributed by atoms with Crippen molar-refractivity contribution >= 4 is 22.5 Å². The minimum Gasteiger partial charge on any atom is -0.325 e. The van der Waals surface area contributed by atoms with Gasteiger partial charge in [-0.2, -0.15) is 0 Å². The smallest absolute Gasteiger partial charge is 0.253 e. The van der Waals surface area contributed by atoms with Crippen molar-refractivity contribution in [2.45, 2.75) is 45.1 Å². The van der Waals surface area contributed by atoms with E-state index in [9.17, 15) is 9.59 Å². The molecule has 0 spiro atoms. The first-order valence-corrected chi connectivity index (χ1v) is 8.64. The van der Waals surface area contributed by atoms with Crippen LogP contribution in [0.2, 0.25) is 0 Å². The van der Waals surface area contributed by atoms with Crippen molar-refractivity contribution < 1.29 is 4.79 Å². The third kappa shape index (κ3) is 3.22. The highest BCUT2D eigenvalue weighted by Gasteiger charge is 2.26. The number of hydrogen-bond donors (Lipinski definition) is 2. The summed E-state index contributed by atoms with van der Waals surface area (Å²) in [6, 6.07) is 6.98. The van der Waals surface area contributed by atoms with Gasteiger partial charge in [0, 0.05) is 23.7 Å². The van der Waals surface area contributed by atoms with Gasteiger partial charge in [0.05, 0.1) is 11.6 Å². The molecule has 1 aromatic heterocycles. The van der Waals surface area contributed by atoms with Gasteiger partial charge < -0.3 is 15.6 Å². The predicted molar refractivity (Wildman–Crippen MR) is 97.1 cm³/mol. The molecule has 0 aliphatic heterocycles. The number of nitrogens with two attached hydrogens (primary N) is 1. The Labute approximate surface area is 141 Å². The van der Waals surface area contributed by atoms with E-state index in [2.05, 4.69) is 5.32 Å². The van der Waals surface area contributed by atoms with Gasteiger partial charge in [-0.3, -0.25) is 9.59 Å². The predicted octanol–water partition coefficient (Wildman–Crippen LogP) is 2.69. The molecule has 1 aliphatic carbocycles. The summed E-state index contributed by atoms with van der Waals surface area (Å²) < 4.78 is 1.63. The first-order chi connectivity index (χ1) is 11.5. The van der Waals surface area contributed by atoms with Gasteiger partial charge in [0.1, 0.15) is 0 Å². The topological polar surface area (TPSA) is 77.1 Å². The number of rotatable bonds is 3. The maximum absolute atomic E-state index is 12.4. The average Bonchev–Trinajstić information content (AvgIpc) is 2.59. The molecule has 2 aromatic rings. The van der Waals surface area contributed by atoms with E-state index in [4.69, 9.17) is 5.73 Å². The molecule has 0 saturated heterocycles. The van der Waals surface area contributed by atoms with Crippen LogP contribution in [0.25, 0.3) is 10.9 Å². The Morgan fingerprint density at radius 1 is 1.25 bits per heavy atom. The Kier molecular flexibility index (Phi) is 4.71. The van der Waals surface area contributed by atoms with Gasteiger partial charge in [0.25, 0.3) is 5.56 Å². The SMILES string of the molecule is Cc1cc2cc(NC(=O)C(N)C3CCCCC3)ccc2n(C)c1=O. The molecule has 1 aliphatic rings. The van der Waals surface area contributed by atoms with Crippen molar-refractivity contribution in [2.75, 3.05) is 5.32 Å². The maximum atomic E-state index is 12.4. The van der Waals surface area contributed by atoms with E-state index >= 15 is 0 Å². The number of nitrogens with one attached hydrogen (secondary N) is 1. The van der Waals surface area contributed by atoms with Crippen LogP contribution in [0.15, 0.2) is 29.1 Å². The van der Waals surface area contributed by atoms with Crippen LogP contribution in [0.4, 0.5) is 5.69 Å². The van der Waals surface area contributed by atoms with Crippen molar-refractivity contribution in [3.05, 3.63) is 40.2 Å². The molecule has 128 valence electrons. The molecule has 1 amide bonds. The lowest BCUT2D eigenvalue weighted by Crippen LogP contribution is -2.42. The molecule has 3 rings (SSSR count). The molecule has 0 bridgehead atoms. The van der Waals surface area contributed by atoms with E-state index < -0.39 is 6.04 Å². The van der Waals surface area contributed by atoms with Crippen molar-refractivity contribution in [2.24, 2.45) is 18.7 Å². The van der Waals surface area contributed by atoms with E-state index in [1.807, 2.05) is 24.3 Å². The molecule has 1 unspecified atom stereocenters. The van der Waals surface area contributed by atoms with Crippen LogP contribution in [-0.4, -0.2) is 16.5 Å². The minimum absolute atomic E-state index is 0.00129.